The van der Waals surface area contributed by atoms with Crippen molar-refractivity contribution in [3.63, 3.8) is 0 Å². The summed E-state index contributed by atoms with van der Waals surface area (Å²) in [6, 6.07) is 0. The van der Waals surface area contributed by atoms with Crippen molar-refractivity contribution in [1.82, 2.24) is 0 Å². The van der Waals surface area contributed by atoms with Gasteiger partial charge in [-0.25, -0.2) is 9.59 Å². The van der Waals surface area contributed by atoms with Gasteiger partial charge in [-0.15, -0.1) is 0 Å². The molecule has 0 aromatic heterocycles. The van der Waals surface area contributed by atoms with Crippen LogP contribution in [-0.2, 0) is 47.5 Å². The Morgan fingerprint density at radius 3 is 1.34 bits per heavy atom. The average Bonchev–Trinajstić information content (AvgIpc) is 2.69. The van der Waals surface area contributed by atoms with Gasteiger partial charge in [-0.05, 0) is 0 Å². The number of hydrogen-bond acceptors (Lipinski definition) is 12. The number of ether oxygens (including phenoxy) is 8. The first kappa shape index (κ1) is 25.0. The minimum absolute atomic E-state index is 0.0288. The van der Waals surface area contributed by atoms with Crippen LogP contribution in [0.25, 0.3) is 0 Å². The molecular weight excluding hydrogens is 396 g/mol. The van der Waals surface area contributed by atoms with E-state index in [1.807, 2.05) is 0 Å². The fraction of sp³-hybridized carbons (Fsp3) is 0.294. The standard InChI is InChI=1S/C17H20O12/c1-5-22-13(28-11-18)17(9-26-15(20)24-7-3,10-27-16(21)25-8-4)14(23-6-2)29-12-19/h5-8,11-14H,1-4,9-10H2. The predicted octanol–water partition coefficient (Wildman–Crippen LogP) is 1.88. The third kappa shape index (κ3) is 8.07. The summed E-state index contributed by atoms with van der Waals surface area (Å²) in [5.74, 6) is 0. The molecule has 2 unspecified atom stereocenters. The smallest absolute Gasteiger partial charge is 0.462 e. The first-order valence-corrected chi connectivity index (χ1v) is 7.55. The van der Waals surface area contributed by atoms with Gasteiger partial charge in [0.15, 0.2) is 5.41 Å². The van der Waals surface area contributed by atoms with Crippen LogP contribution >= 0.6 is 0 Å². The molecule has 0 radical (unpaired) electrons. The molecule has 0 bridgehead atoms. The van der Waals surface area contributed by atoms with Gasteiger partial charge in [-0.2, -0.15) is 0 Å². The van der Waals surface area contributed by atoms with E-state index < -0.39 is 43.5 Å². The zero-order valence-electron chi connectivity index (χ0n) is 15.3. The summed E-state index contributed by atoms with van der Waals surface area (Å²) < 4.78 is 38.4. The molecule has 0 N–H and O–H groups in total. The summed E-state index contributed by atoms with van der Waals surface area (Å²) in [7, 11) is 0. The number of hydrogen-bond donors (Lipinski definition) is 0. The average molecular weight is 416 g/mol. The second kappa shape index (κ2) is 14.1. The zero-order chi connectivity index (χ0) is 22.1. The highest BCUT2D eigenvalue weighted by Crippen LogP contribution is 2.34. The van der Waals surface area contributed by atoms with E-state index in [-0.39, 0.29) is 12.9 Å². The number of carbonyl (C=O) groups is 4. The van der Waals surface area contributed by atoms with E-state index in [2.05, 4.69) is 35.8 Å². The summed E-state index contributed by atoms with van der Waals surface area (Å²) in [4.78, 5) is 45.1. The summed E-state index contributed by atoms with van der Waals surface area (Å²) >= 11 is 0. The van der Waals surface area contributed by atoms with Crippen LogP contribution < -0.4 is 0 Å². The molecule has 12 heteroatoms. The minimum atomic E-state index is -2.01. The van der Waals surface area contributed by atoms with Crippen molar-refractivity contribution in [2.75, 3.05) is 13.2 Å². The molecule has 0 saturated heterocycles. The van der Waals surface area contributed by atoms with Gasteiger partial charge in [0.2, 0.25) is 0 Å². The molecule has 0 amide bonds. The molecule has 0 aromatic carbocycles. The second-order valence-corrected chi connectivity index (χ2v) is 4.61. The molecule has 0 aromatic rings. The van der Waals surface area contributed by atoms with E-state index in [0.717, 1.165) is 25.0 Å². The monoisotopic (exact) mass is 416 g/mol. The maximum Gasteiger partial charge on any atom is 0.513 e. The van der Waals surface area contributed by atoms with Crippen molar-refractivity contribution < 1.29 is 57.1 Å². The summed E-state index contributed by atoms with van der Waals surface area (Å²) in [5.41, 5.74) is -2.01. The highest BCUT2D eigenvalue weighted by Gasteiger charge is 2.55. The molecule has 0 aliphatic rings. The SMILES string of the molecule is C=COC(=O)OCC(COC(=O)OC=C)(C(OC=C)OC=O)C(OC=C)OC=O. The Bertz CT molecular complexity index is 527. The van der Waals surface area contributed by atoms with Crippen molar-refractivity contribution in [3.05, 3.63) is 51.4 Å². The van der Waals surface area contributed by atoms with Crippen molar-refractivity contribution in [1.29, 1.82) is 0 Å². The molecule has 2 atom stereocenters. The van der Waals surface area contributed by atoms with Crippen LogP contribution in [0.15, 0.2) is 51.4 Å². The fourth-order valence-corrected chi connectivity index (χ4v) is 1.90. The van der Waals surface area contributed by atoms with Gasteiger partial charge >= 0.3 is 12.3 Å². The highest BCUT2D eigenvalue weighted by molar-refractivity contribution is 5.61. The Balaban J connectivity index is 6.19. The van der Waals surface area contributed by atoms with E-state index in [4.69, 9.17) is 28.4 Å². The molecular formula is C17H20O12. The van der Waals surface area contributed by atoms with Gasteiger partial charge in [0.25, 0.3) is 25.5 Å². The Hall–Kier alpha value is -3.96. The van der Waals surface area contributed by atoms with Crippen LogP contribution in [0.1, 0.15) is 0 Å². The molecule has 12 nitrogen and oxygen atoms in total. The Labute approximate surface area is 165 Å². The molecule has 0 spiro atoms. The van der Waals surface area contributed by atoms with Gasteiger partial charge in [0.05, 0.1) is 25.0 Å². The van der Waals surface area contributed by atoms with E-state index in [0.29, 0.717) is 0 Å². The van der Waals surface area contributed by atoms with E-state index in [1.165, 1.54) is 0 Å². The van der Waals surface area contributed by atoms with Gasteiger partial charge in [-0.1, -0.05) is 26.3 Å². The fourth-order valence-electron chi connectivity index (χ4n) is 1.90. The molecule has 160 valence electrons. The maximum atomic E-state index is 11.6. The molecule has 0 fully saturated rings. The maximum absolute atomic E-state index is 11.6. The Morgan fingerprint density at radius 2 is 1.07 bits per heavy atom. The van der Waals surface area contributed by atoms with Crippen LogP contribution in [0.3, 0.4) is 0 Å². The van der Waals surface area contributed by atoms with Crippen molar-refractivity contribution in [2.45, 2.75) is 12.6 Å². The topological polar surface area (TPSA) is 142 Å². The quantitative estimate of drug-likeness (QED) is 0.119. The van der Waals surface area contributed by atoms with Crippen LogP contribution in [0.4, 0.5) is 9.59 Å². The lowest BCUT2D eigenvalue weighted by molar-refractivity contribution is -0.270. The van der Waals surface area contributed by atoms with E-state index in [1.54, 1.807) is 0 Å². The number of carbonyl (C=O) groups excluding carboxylic acids is 4. The van der Waals surface area contributed by atoms with E-state index >= 15 is 0 Å². The van der Waals surface area contributed by atoms with Crippen molar-refractivity contribution in [2.24, 2.45) is 5.41 Å². The van der Waals surface area contributed by atoms with Crippen LogP contribution in [-0.4, -0.2) is 51.0 Å². The number of rotatable bonds is 16. The van der Waals surface area contributed by atoms with Gasteiger partial charge in [-0.3, -0.25) is 9.59 Å². The van der Waals surface area contributed by atoms with Gasteiger partial charge in [0, 0.05) is 0 Å². The first-order valence-electron chi connectivity index (χ1n) is 7.55. The third-order valence-corrected chi connectivity index (χ3v) is 3.01. The summed E-state index contributed by atoms with van der Waals surface area (Å²) in [6.07, 6.45) is -2.64. The molecule has 0 aliphatic carbocycles. The predicted molar refractivity (Wildman–Crippen MR) is 92.1 cm³/mol. The Morgan fingerprint density at radius 1 is 0.690 bits per heavy atom. The second-order valence-electron chi connectivity index (χ2n) is 4.61. The van der Waals surface area contributed by atoms with Crippen molar-refractivity contribution >= 4 is 25.3 Å². The van der Waals surface area contributed by atoms with Gasteiger partial charge in [0.1, 0.15) is 13.2 Å². The molecule has 0 saturated carbocycles. The van der Waals surface area contributed by atoms with Crippen LogP contribution in [0.5, 0.6) is 0 Å². The highest BCUT2D eigenvalue weighted by atomic mass is 16.8. The van der Waals surface area contributed by atoms with Crippen LogP contribution in [0, 0.1) is 5.41 Å². The normalized spacial score (nSPS) is 11.9. The van der Waals surface area contributed by atoms with Crippen molar-refractivity contribution in [3.8, 4) is 0 Å². The first-order chi connectivity index (χ1) is 13.9. The molecule has 29 heavy (non-hydrogen) atoms. The Kier molecular flexibility index (Phi) is 12.2. The molecule has 0 rings (SSSR count). The minimum Gasteiger partial charge on any atom is -0.462 e. The van der Waals surface area contributed by atoms with E-state index in [9.17, 15) is 19.2 Å². The summed E-state index contributed by atoms with van der Waals surface area (Å²) in [6.45, 7) is 11.3. The lowest BCUT2D eigenvalue weighted by atomic mass is 9.87. The lowest BCUT2D eigenvalue weighted by Gasteiger charge is -2.39. The van der Waals surface area contributed by atoms with Crippen LogP contribution in [0.2, 0.25) is 0 Å². The zero-order valence-corrected chi connectivity index (χ0v) is 15.3. The summed E-state index contributed by atoms with van der Waals surface area (Å²) in [5, 5.41) is 0. The largest absolute Gasteiger partial charge is 0.513 e. The lowest BCUT2D eigenvalue weighted by Crippen LogP contribution is -2.55. The molecule has 0 aliphatic heterocycles. The molecule has 0 heterocycles. The third-order valence-electron chi connectivity index (χ3n) is 3.01. The van der Waals surface area contributed by atoms with Gasteiger partial charge < -0.3 is 37.9 Å².